The summed E-state index contributed by atoms with van der Waals surface area (Å²) < 4.78 is 17.2. The molecule has 0 spiro atoms. The van der Waals surface area contributed by atoms with Gasteiger partial charge in [-0.25, -0.2) is 0 Å². The first-order valence-electron chi connectivity index (χ1n) is 12.1. The number of nitrogens with zero attached hydrogens (tertiary/aromatic N) is 1. The van der Waals surface area contributed by atoms with E-state index >= 15 is 0 Å². The van der Waals surface area contributed by atoms with Gasteiger partial charge in [-0.05, 0) is 54.8 Å². The highest BCUT2D eigenvalue weighted by Crippen LogP contribution is 2.40. The van der Waals surface area contributed by atoms with Crippen LogP contribution in [0.25, 0.3) is 0 Å². The fourth-order valence-electron chi connectivity index (χ4n) is 3.60. The second-order valence-electron chi connectivity index (χ2n) is 7.40. The van der Waals surface area contributed by atoms with Gasteiger partial charge in [0.2, 0.25) is 0 Å². The third kappa shape index (κ3) is 7.32. The highest BCUT2D eigenvalue weighted by atomic mass is 32.2. The van der Waals surface area contributed by atoms with Crippen molar-refractivity contribution in [2.45, 2.75) is 59.0 Å². The SMILES string of the molecule is CC.CC.COc1cc(N2CC[C@@H](Oc3ccc(C4CC4)cc3)C2=O)ccc1OCCSC. The van der Waals surface area contributed by atoms with E-state index in [4.69, 9.17) is 14.2 Å². The zero-order valence-corrected chi connectivity index (χ0v) is 21.7. The highest BCUT2D eigenvalue weighted by Gasteiger charge is 2.35. The summed E-state index contributed by atoms with van der Waals surface area (Å²) in [6, 6.07) is 13.8. The number of ether oxygens (including phenoxy) is 3. The maximum absolute atomic E-state index is 12.9. The molecule has 6 heteroatoms. The Bertz CT molecular complexity index is 852. The summed E-state index contributed by atoms with van der Waals surface area (Å²) in [5, 5.41) is 0. The van der Waals surface area contributed by atoms with Crippen LogP contribution in [-0.2, 0) is 4.79 Å². The summed E-state index contributed by atoms with van der Waals surface area (Å²) in [6.45, 7) is 9.24. The molecule has 2 fully saturated rings. The predicted molar refractivity (Wildman–Crippen MR) is 139 cm³/mol. The quantitative estimate of drug-likeness (QED) is 0.386. The van der Waals surface area contributed by atoms with E-state index in [9.17, 15) is 4.79 Å². The van der Waals surface area contributed by atoms with Crippen molar-refractivity contribution in [2.75, 3.05) is 37.2 Å². The molecule has 2 aromatic rings. The van der Waals surface area contributed by atoms with Gasteiger partial charge in [0.15, 0.2) is 17.6 Å². The minimum Gasteiger partial charge on any atom is -0.493 e. The average Bonchev–Trinajstić information content (AvgIpc) is 3.66. The van der Waals surface area contributed by atoms with Gasteiger partial charge in [-0.3, -0.25) is 4.79 Å². The third-order valence-electron chi connectivity index (χ3n) is 5.37. The van der Waals surface area contributed by atoms with Crippen LogP contribution in [0.3, 0.4) is 0 Å². The molecule has 1 amide bonds. The number of hydrogen-bond donors (Lipinski definition) is 0. The molecule has 0 radical (unpaired) electrons. The summed E-state index contributed by atoms with van der Waals surface area (Å²) >= 11 is 1.73. The lowest BCUT2D eigenvalue weighted by atomic mass is 10.1. The number of carbonyl (C=O) groups excluding carboxylic acids is 1. The molecule has 33 heavy (non-hydrogen) atoms. The number of hydrogen-bond acceptors (Lipinski definition) is 5. The lowest BCUT2D eigenvalue weighted by Gasteiger charge is -2.19. The van der Waals surface area contributed by atoms with Crippen molar-refractivity contribution < 1.29 is 19.0 Å². The summed E-state index contributed by atoms with van der Waals surface area (Å²) in [5.41, 5.74) is 2.17. The van der Waals surface area contributed by atoms with Crippen LogP contribution in [-0.4, -0.2) is 44.3 Å². The van der Waals surface area contributed by atoms with Crippen LogP contribution >= 0.6 is 11.8 Å². The van der Waals surface area contributed by atoms with Crippen molar-refractivity contribution in [1.29, 1.82) is 0 Å². The van der Waals surface area contributed by atoms with E-state index in [1.54, 1.807) is 23.8 Å². The molecule has 1 heterocycles. The second kappa shape index (κ2) is 14.0. The molecule has 0 aromatic heterocycles. The van der Waals surface area contributed by atoms with Gasteiger partial charge in [0, 0.05) is 30.5 Å². The molecular formula is C27H39NO4S. The Morgan fingerprint density at radius 3 is 2.27 bits per heavy atom. The molecule has 1 saturated heterocycles. The summed E-state index contributed by atoms with van der Waals surface area (Å²) in [5.74, 6) is 3.70. The standard InChI is InChI=1S/C23H27NO4S.2C2H6/c1-26-22-15-18(7-10-20(22)27-13-14-29-2)24-12-11-21(23(24)25)28-19-8-5-17(6-9-19)16-3-4-16;2*1-2/h5-10,15-16,21H,3-4,11-14H2,1-2H3;2*1-2H3/t21-;;/m1../s1. The van der Waals surface area contributed by atoms with Crippen molar-refractivity contribution in [3.05, 3.63) is 48.0 Å². The molecule has 0 bridgehead atoms. The molecule has 182 valence electrons. The molecule has 4 rings (SSSR count). The Kier molecular flexibility index (Phi) is 11.4. The van der Waals surface area contributed by atoms with Crippen molar-refractivity contribution in [3.63, 3.8) is 0 Å². The van der Waals surface area contributed by atoms with Gasteiger partial charge in [0.25, 0.3) is 5.91 Å². The second-order valence-corrected chi connectivity index (χ2v) is 8.39. The van der Waals surface area contributed by atoms with E-state index in [2.05, 4.69) is 12.1 Å². The topological polar surface area (TPSA) is 48.0 Å². The fraction of sp³-hybridized carbons (Fsp3) is 0.519. The Morgan fingerprint density at radius 1 is 0.970 bits per heavy atom. The molecule has 2 aliphatic rings. The third-order valence-corrected chi connectivity index (χ3v) is 5.94. The molecular weight excluding hydrogens is 434 g/mol. The first-order chi connectivity index (χ1) is 16.2. The number of methoxy groups -OCH3 is 1. The van der Waals surface area contributed by atoms with Crippen molar-refractivity contribution in [3.8, 4) is 17.2 Å². The molecule has 1 atom stereocenters. The normalized spacial score (nSPS) is 16.8. The zero-order valence-electron chi connectivity index (χ0n) is 20.9. The highest BCUT2D eigenvalue weighted by molar-refractivity contribution is 7.98. The van der Waals surface area contributed by atoms with Gasteiger partial charge in [-0.1, -0.05) is 39.8 Å². The zero-order chi connectivity index (χ0) is 24.2. The fourth-order valence-corrected chi connectivity index (χ4v) is 3.85. The monoisotopic (exact) mass is 473 g/mol. The minimum absolute atomic E-state index is 0.0191. The van der Waals surface area contributed by atoms with Crippen LogP contribution in [0.15, 0.2) is 42.5 Å². The Hall–Kier alpha value is -2.34. The first-order valence-corrected chi connectivity index (χ1v) is 13.5. The largest absolute Gasteiger partial charge is 0.493 e. The lowest BCUT2D eigenvalue weighted by molar-refractivity contribution is -0.122. The van der Waals surface area contributed by atoms with Crippen LogP contribution in [0, 0.1) is 0 Å². The van der Waals surface area contributed by atoms with Crippen LogP contribution < -0.4 is 19.1 Å². The summed E-state index contributed by atoms with van der Waals surface area (Å²) in [6.07, 6.45) is 4.81. The van der Waals surface area contributed by atoms with E-state index in [1.165, 1.54) is 18.4 Å². The van der Waals surface area contributed by atoms with E-state index in [0.29, 0.717) is 31.1 Å². The molecule has 1 aliphatic carbocycles. The molecule has 1 saturated carbocycles. The van der Waals surface area contributed by atoms with Gasteiger partial charge >= 0.3 is 0 Å². The molecule has 1 aliphatic heterocycles. The Balaban J connectivity index is 0.000000914. The predicted octanol–water partition coefficient (Wildman–Crippen LogP) is 6.55. The summed E-state index contributed by atoms with van der Waals surface area (Å²) in [7, 11) is 1.61. The van der Waals surface area contributed by atoms with Gasteiger partial charge in [-0.15, -0.1) is 0 Å². The van der Waals surface area contributed by atoms with Crippen LogP contribution in [0.5, 0.6) is 17.2 Å². The van der Waals surface area contributed by atoms with Gasteiger partial charge in [0.05, 0.1) is 13.7 Å². The molecule has 0 unspecified atom stereocenters. The number of rotatable bonds is 9. The van der Waals surface area contributed by atoms with E-state index in [1.807, 2.05) is 64.3 Å². The van der Waals surface area contributed by atoms with Crippen LogP contribution in [0.1, 0.15) is 58.4 Å². The maximum Gasteiger partial charge on any atom is 0.268 e. The number of benzene rings is 2. The van der Waals surface area contributed by atoms with E-state index < -0.39 is 6.10 Å². The number of carbonyl (C=O) groups is 1. The van der Waals surface area contributed by atoms with Gasteiger partial charge < -0.3 is 19.1 Å². The van der Waals surface area contributed by atoms with E-state index in [0.717, 1.165) is 23.1 Å². The minimum atomic E-state index is -0.453. The van der Waals surface area contributed by atoms with Crippen molar-refractivity contribution in [2.24, 2.45) is 0 Å². The molecule has 5 nitrogen and oxygen atoms in total. The number of anilines is 1. The smallest absolute Gasteiger partial charge is 0.268 e. The molecule has 0 N–H and O–H groups in total. The molecule has 2 aromatic carbocycles. The Labute approximate surface area is 203 Å². The van der Waals surface area contributed by atoms with Crippen LogP contribution in [0.4, 0.5) is 5.69 Å². The number of amides is 1. The maximum atomic E-state index is 12.9. The van der Waals surface area contributed by atoms with Gasteiger partial charge in [0.1, 0.15) is 5.75 Å². The number of thioether (sulfide) groups is 1. The van der Waals surface area contributed by atoms with Crippen LogP contribution in [0.2, 0.25) is 0 Å². The Morgan fingerprint density at radius 2 is 1.67 bits per heavy atom. The van der Waals surface area contributed by atoms with Gasteiger partial charge in [-0.2, -0.15) is 11.8 Å². The van der Waals surface area contributed by atoms with Crippen molar-refractivity contribution in [1.82, 2.24) is 0 Å². The summed E-state index contributed by atoms with van der Waals surface area (Å²) in [4.78, 5) is 14.7. The van der Waals surface area contributed by atoms with Crippen molar-refractivity contribution >= 4 is 23.4 Å². The average molecular weight is 474 g/mol. The first kappa shape index (κ1) is 26.9. The van der Waals surface area contributed by atoms with E-state index in [-0.39, 0.29) is 5.91 Å². The lowest BCUT2D eigenvalue weighted by Crippen LogP contribution is -2.32.